The minimum atomic E-state index is -4.77. The van der Waals surface area contributed by atoms with Crippen molar-refractivity contribution in [2.45, 2.75) is 12.9 Å². The third-order valence-electron chi connectivity index (χ3n) is 4.01. The Bertz CT molecular complexity index is 1030. The predicted octanol–water partition coefficient (Wildman–Crippen LogP) is 2.95. The summed E-state index contributed by atoms with van der Waals surface area (Å²) in [6.45, 7) is 4.53. The highest BCUT2D eigenvalue weighted by molar-refractivity contribution is 6.06. The van der Waals surface area contributed by atoms with Crippen molar-refractivity contribution in [1.82, 2.24) is 25.4 Å². The van der Waals surface area contributed by atoms with Gasteiger partial charge in [-0.1, -0.05) is 6.08 Å². The van der Waals surface area contributed by atoms with Crippen LogP contribution in [0.1, 0.15) is 16.1 Å². The van der Waals surface area contributed by atoms with Crippen LogP contribution >= 0.6 is 0 Å². The van der Waals surface area contributed by atoms with Gasteiger partial charge in [-0.25, -0.2) is 9.67 Å². The van der Waals surface area contributed by atoms with Crippen LogP contribution in [0, 0.1) is 0 Å². The first-order valence-corrected chi connectivity index (χ1v) is 8.60. The number of hydrogen-bond acceptors (Lipinski definition) is 5. The number of ether oxygens (including phenoxy) is 1. The van der Waals surface area contributed by atoms with E-state index in [1.54, 1.807) is 12.1 Å². The van der Waals surface area contributed by atoms with E-state index in [9.17, 15) is 18.0 Å². The molecule has 0 unspecified atom stereocenters. The van der Waals surface area contributed by atoms with Gasteiger partial charge in [0.05, 0.1) is 22.3 Å². The highest BCUT2D eigenvalue weighted by Gasteiger charge is 2.31. The van der Waals surface area contributed by atoms with Gasteiger partial charge in [0, 0.05) is 26.3 Å². The number of carbonyl (C=O) groups is 1. The molecule has 0 bridgehead atoms. The fourth-order valence-corrected chi connectivity index (χ4v) is 2.82. The summed E-state index contributed by atoms with van der Waals surface area (Å²) < 4.78 is 42.5. The van der Waals surface area contributed by atoms with Gasteiger partial charge in [-0.3, -0.25) is 4.79 Å². The maximum Gasteiger partial charge on any atom is 0.573 e. The molecule has 1 aromatic carbocycles. The summed E-state index contributed by atoms with van der Waals surface area (Å²) in [6, 6.07) is 6.83. The molecule has 10 heteroatoms. The van der Waals surface area contributed by atoms with E-state index in [4.69, 9.17) is 0 Å². The molecule has 3 rings (SSSR count). The van der Waals surface area contributed by atoms with Crippen molar-refractivity contribution >= 4 is 16.9 Å². The van der Waals surface area contributed by atoms with E-state index >= 15 is 0 Å². The lowest BCUT2D eigenvalue weighted by Crippen LogP contribution is -2.19. The second kappa shape index (κ2) is 8.31. The number of amides is 1. The number of fused-ring (bicyclic) bond motifs is 1. The Morgan fingerprint density at radius 1 is 1.28 bits per heavy atom. The van der Waals surface area contributed by atoms with Crippen molar-refractivity contribution in [3.8, 4) is 11.4 Å². The second-order valence-electron chi connectivity index (χ2n) is 5.96. The molecule has 0 saturated heterocycles. The van der Waals surface area contributed by atoms with Crippen LogP contribution in [-0.2, 0) is 6.54 Å². The van der Waals surface area contributed by atoms with E-state index in [0.29, 0.717) is 41.1 Å². The fraction of sp³-hybridized carbons (Fsp3) is 0.211. The van der Waals surface area contributed by atoms with Gasteiger partial charge in [0.1, 0.15) is 5.75 Å². The molecule has 0 aliphatic carbocycles. The van der Waals surface area contributed by atoms with Crippen LogP contribution in [0.5, 0.6) is 5.75 Å². The number of carbonyl (C=O) groups excluding carboxylic acids is 1. The minimum absolute atomic E-state index is 0.296. The molecule has 0 saturated carbocycles. The summed E-state index contributed by atoms with van der Waals surface area (Å²) >= 11 is 0. The van der Waals surface area contributed by atoms with E-state index in [1.807, 2.05) is 0 Å². The van der Waals surface area contributed by atoms with Crippen LogP contribution < -0.4 is 15.4 Å². The number of benzene rings is 1. The van der Waals surface area contributed by atoms with Crippen LogP contribution in [0.2, 0.25) is 0 Å². The highest BCUT2D eigenvalue weighted by Crippen LogP contribution is 2.27. The molecule has 2 heterocycles. The molecule has 2 aromatic heterocycles. The first kappa shape index (κ1) is 20.3. The van der Waals surface area contributed by atoms with E-state index in [2.05, 4.69) is 32.0 Å². The van der Waals surface area contributed by atoms with Gasteiger partial charge in [0.2, 0.25) is 0 Å². The summed E-state index contributed by atoms with van der Waals surface area (Å²) in [6.07, 6.45) is -1.60. The molecule has 0 aliphatic rings. The molecule has 152 valence electrons. The molecule has 29 heavy (non-hydrogen) atoms. The average Bonchev–Trinajstić information content (AvgIpc) is 3.06. The van der Waals surface area contributed by atoms with Gasteiger partial charge >= 0.3 is 6.36 Å². The number of rotatable bonds is 7. The first-order chi connectivity index (χ1) is 13.8. The highest BCUT2D eigenvalue weighted by atomic mass is 19.4. The predicted molar refractivity (Wildman–Crippen MR) is 101 cm³/mol. The molecule has 0 spiro atoms. The standard InChI is InChI=1S/C19H18F3N5O2/c1-3-9-24-11-15-16-14(18(28)23-2)8-10-25-17(16)27(26-15)12-4-6-13(7-5-12)29-19(20,21)22/h3-8,10,24H,1,9,11H2,2H3,(H,23,28). The Labute approximate surface area is 164 Å². The van der Waals surface area contributed by atoms with Gasteiger partial charge in [0.25, 0.3) is 5.91 Å². The molecule has 0 fully saturated rings. The molecule has 0 atom stereocenters. The molecule has 2 N–H and O–H groups in total. The van der Waals surface area contributed by atoms with Gasteiger partial charge in [0.15, 0.2) is 5.65 Å². The zero-order chi connectivity index (χ0) is 21.0. The molecule has 0 radical (unpaired) electrons. The lowest BCUT2D eigenvalue weighted by Gasteiger charge is -2.09. The lowest BCUT2D eigenvalue weighted by molar-refractivity contribution is -0.274. The fourth-order valence-electron chi connectivity index (χ4n) is 2.82. The number of aromatic nitrogens is 3. The molecule has 7 nitrogen and oxygen atoms in total. The third-order valence-corrected chi connectivity index (χ3v) is 4.01. The molecule has 1 amide bonds. The Hall–Kier alpha value is -3.40. The topological polar surface area (TPSA) is 81.1 Å². The van der Waals surface area contributed by atoms with Crippen LogP contribution in [0.3, 0.4) is 0 Å². The summed E-state index contributed by atoms with van der Waals surface area (Å²) in [5.41, 5.74) is 1.85. The van der Waals surface area contributed by atoms with Gasteiger partial charge in [-0.15, -0.1) is 19.8 Å². The lowest BCUT2D eigenvalue weighted by atomic mass is 10.1. The third kappa shape index (κ3) is 4.54. The number of halogens is 3. The maximum absolute atomic E-state index is 12.4. The van der Waals surface area contributed by atoms with Crippen molar-refractivity contribution in [1.29, 1.82) is 0 Å². The monoisotopic (exact) mass is 405 g/mol. The smallest absolute Gasteiger partial charge is 0.406 e. The van der Waals surface area contributed by atoms with Crippen molar-refractivity contribution < 1.29 is 22.7 Å². The van der Waals surface area contributed by atoms with E-state index in [0.717, 1.165) is 0 Å². The number of nitrogens with one attached hydrogen (secondary N) is 2. The molecule has 0 aliphatic heterocycles. The zero-order valence-electron chi connectivity index (χ0n) is 15.5. The SMILES string of the molecule is C=CCNCc1nn(-c2ccc(OC(F)(F)F)cc2)c2nccc(C(=O)NC)c12. The summed E-state index contributed by atoms with van der Waals surface area (Å²) in [7, 11) is 1.52. The Kier molecular flexibility index (Phi) is 5.83. The quantitative estimate of drug-likeness (QED) is 0.467. The number of hydrogen-bond donors (Lipinski definition) is 2. The Morgan fingerprint density at radius 3 is 2.62 bits per heavy atom. The van der Waals surface area contributed by atoms with Crippen LogP contribution in [0.4, 0.5) is 13.2 Å². The van der Waals surface area contributed by atoms with Crippen molar-refractivity contribution in [2.75, 3.05) is 13.6 Å². The number of alkyl halides is 3. The zero-order valence-corrected chi connectivity index (χ0v) is 15.5. The maximum atomic E-state index is 12.4. The first-order valence-electron chi connectivity index (χ1n) is 8.60. The molecule has 3 aromatic rings. The average molecular weight is 405 g/mol. The van der Waals surface area contributed by atoms with Crippen LogP contribution in [-0.4, -0.2) is 40.6 Å². The van der Waals surface area contributed by atoms with Crippen molar-refractivity contribution in [3.63, 3.8) is 0 Å². The van der Waals surface area contributed by atoms with Gasteiger partial charge in [-0.05, 0) is 30.3 Å². The summed E-state index contributed by atoms with van der Waals surface area (Å²) in [5.74, 6) is -0.638. The largest absolute Gasteiger partial charge is 0.573 e. The van der Waals surface area contributed by atoms with Gasteiger partial charge < -0.3 is 15.4 Å². The van der Waals surface area contributed by atoms with Crippen LogP contribution in [0.25, 0.3) is 16.7 Å². The van der Waals surface area contributed by atoms with E-state index in [1.165, 1.54) is 42.2 Å². The second-order valence-corrected chi connectivity index (χ2v) is 5.96. The van der Waals surface area contributed by atoms with E-state index < -0.39 is 6.36 Å². The number of nitrogens with zero attached hydrogens (tertiary/aromatic N) is 3. The minimum Gasteiger partial charge on any atom is -0.406 e. The Balaban J connectivity index is 2.08. The Morgan fingerprint density at radius 2 is 2.00 bits per heavy atom. The molecular weight excluding hydrogens is 387 g/mol. The van der Waals surface area contributed by atoms with E-state index in [-0.39, 0.29) is 11.7 Å². The van der Waals surface area contributed by atoms with Gasteiger partial charge in [-0.2, -0.15) is 5.10 Å². The summed E-state index contributed by atoms with van der Waals surface area (Å²) in [4.78, 5) is 16.6. The number of pyridine rings is 1. The van der Waals surface area contributed by atoms with Crippen LogP contribution in [0.15, 0.2) is 49.2 Å². The normalized spacial score (nSPS) is 11.4. The van der Waals surface area contributed by atoms with Crippen molar-refractivity contribution in [3.05, 3.63) is 60.4 Å². The van der Waals surface area contributed by atoms with Crippen molar-refractivity contribution in [2.24, 2.45) is 0 Å². The summed E-state index contributed by atoms with van der Waals surface area (Å²) in [5, 5.41) is 10.8. The molecular formula is C19H18F3N5O2.